The van der Waals surface area contributed by atoms with Gasteiger partial charge in [0.25, 0.3) is 0 Å². The van der Waals surface area contributed by atoms with Crippen molar-refractivity contribution in [3.63, 3.8) is 0 Å². The molecular formula is C6H10N3S. The van der Waals surface area contributed by atoms with Crippen molar-refractivity contribution >= 4 is 12.6 Å². The van der Waals surface area contributed by atoms with Crippen molar-refractivity contribution in [1.82, 2.24) is 15.2 Å². The molecule has 0 amide bonds. The van der Waals surface area contributed by atoms with Crippen LogP contribution in [-0.4, -0.2) is 15.2 Å². The second-order valence-corrected chi connectivity index (χ2v) is 3.62. The predicted molar refractivity (Wildman–Crippen MR) is 40.9 cm³/mol. The van der Waals surface area contributed by atoms with Crippen molar-refractivity contribution in [3.8, 4) is 0 Å². The van der Waals surface area contributed by atoms with Gasteiger partial charge < -0.3 is 4.98 Å². The van der Waals surface area contributed by atoms with Gasteiger partial charge in [-0.1, -0.05) is 20.8 Å². The fraction of sp³-hybridized carbons (Fsp3) is 0.667. The zero-order chi connectivity index (χ0) is 7.78. The average Bonchev–Trinajstić information content (AvgIpc) is 2.11. The predicted octanol–water partition coefficient (Wildman–Crippen LogP) is 1.66. The third kappa shape index (κ3) is 1.44. The summed E-state index contributed by atoms with van der Waals surface area (Å²) in [6.07, 6.45) is 0. The molecule has 1 rings (SSSR count). The van der Waals surface area contributed by atoms with Gasteiger partial charge in [0.15, 0.2) is 0 Å². The van der Waals surface area contributed by atoms with Crippen LogP contribution in [0.3, 0.4) is 0 Å². The van der Waals surface area contributed by atoms with Gasteiger partial charge >= 0.3 is 0 Å². The lowest BCUT2D eigenvalue weighted by molar-refractivity contribution is 0.547. The molecule has 0 aromatic carbocycles. The molecule has 0 aliphatic rings. The van der Waals surface area contributed by atoms with Crippen LogP contribution in [0.1, 0.15) is 26.6 Å². The first-order valence-electron chi connectivity index (χ1n) is 3.10. The van der Waals surface area contributed by atoms with Crippen LogP contribution in [0.25, 0.3) is 0 Å². The van der Waals surface area contributed by atoms with E-state index in [1.54, 1.807) is 0 Å². The Hall–Kier alpha value is -0.640. The highest BCUT2D eigenvalue weighted by molar-refractivity contribution is 7.80. The number of H-pyrrole nitrogens is 1. The first-order valence-corrected chi connectivity index (χ1v) is 3.51. The molecule has 0 aliphatic carbocycles. The Morgan fingerprint density at radius 2 is 1.90 bits per heavy atom. The van der Waals surface area contributed by atoms with E-state index in [4.69, 9.17) is 12.6 Å². The SMILES string of the molecule is CC(C)(C)c1nnc([S])[nH]1. The molecule has 55 valence electrons. The molecule has 1 aromatic rings. The van der Waals surface area contributed by atoms with Gasteiger partial charge in [0.2, 0.25) is 5.16 Å². The van der Waals surface area contributed by atoms with E-state index in [1.807, 2.05) is 0 Å². The van der Waals surface area contributed by atoms with Crippen molar-refractivity contribution in [3.05, 3.63) is 5.82 Å². The average molecular weight is 156 g/mol. The second-order valence-electron chi connectivity index (χ2n) is 3.23. The molecule has 0 saturated carbocycles. The summed E-state index contributed by atoms with van der Waals surface area (Å²) in [5, 5.41) is 8.03. The summed E-state index contributed by atoms with van der Waals surface area (Å²) in [6.45, 7) is 6.17. The number of hydrogen-bond donors (Lipinski definition) is 1. The Morgan fingerprint density at radius 3 is 2.10 bits per heavy atom. The number of hydrogen-bond acceptors (Lipinski definition) is 2. The maximum Gasteiger partial charge on any atom is 0.219 e. The molecule has 1 N–H and O–H groups in total. The Morgan fingerprint density at radius 1 is 1.30 bits per heavy atom. The Bertz CT molecular complexity index is 223. The number of rotatable bonds is 0. The number of aromatic amines is 1. The van der Waals surface area contributed by atoms with Gasteiger partial charge in [-0.15, -0.1) is 10.2 Å². The van der Waals surface area contributed by atoms with Gasteiger partial charge in [0, 0.05) is 5.41 Å². The molecule has 0 unspecified atom stereocenters. The van der Waals surface area contributed by atoms with Crippen molar-refractivity contribution in [2.75, 3.05) is 0 Å². The molecule has 0 aliphatic heterocycles. The van der Waals surface area contributed by atoms with Gasteiger partial charge in [0.05, 0.1) is 0 Å². The third-order valence-corrected chi connectivity index (χ3v) is 1.36. The number of nitrogens with zero attached hydrogens (tertiary/aromatic N) is 2. The summed E-state index contributed by atoms with van der Waals surface area (Å²) in [4.78, 5) is 2.91. The molecule has 0 fully saturated rings. The summed E-state index contributed by atoms with van der Waals surface area (Å²) in [7, 11) is 0. The van der Waals surface area contributed by atoms with Crippen molar-refractivity contribution in [2.45, 2.75) is 31.3 Å². The fourth-order valence-corrected chi connectivity index (χ4v) is 0.722. The van der Waals surface area contributed by atoms with Crippen LogP contribution < -0.4 is 0 Å². The Kier molecular flexibility index (Phi) is 1.64. The molecular weight excluding hydrogens is 146 g/mol. The molecule has 3 nitrogen and oxygen atoms in total. The Labute approximate surface area is 65.7 Å². The Balaban J connectivity index is 2.96. The topological polar surface area (TPSA) is 41.6 Å². The zero-order valence-corrected chi connectivity index (χ0v) is 7.12. The van der Waals surface area contributed by atoms with Gasteiger partial charge in [-0.3, -0.25) is 0 Å². The summed E-state index contributed by atoms with van der Waals surface area (Å²) >= 11 is 4.77. The lowest BCUT2D eigenvalue weighted by atomic mass is 9.96. The molecule has 0 saturated heterocycles. The molecule has 4 heteroatoms. The molecule has 0 spiro atoms. The first kappa shape index (κ1) is 7.47. The maximum absolute atomic E-state index is 4.77. The fourth-order valence-electron chi connectivity index (χ4n) is 0.584. The number of nitrogens with one attached hydrogen (secondary N) is 1. The van der Waals surface area contributed by atoms with Crippen LogP contribution in [0.2, 0.25) is 0 Å². The van der Waals surface area contributed by atoms with E-state index in [0.29, 0.717) is 5.16 Å². The first-order chi connectivity index (χ1) is 4.50. The van der Waals surface area contributed by atoms with E-state index in [0.717, 1.165) is 5.82 Å². The standard InChI is InChI=1S/C6H10N3S/c1-6(2,3)4-7-5(10)9-8-4/h1-3H3,(H,7,8,9). The van der Waals surface area contributed by atoms with Gasteiger partial charge in [-0.25, -0.2) is 0 Å². The molecule has 1 radical (unpaired) electrons. The van der Waals surface area contributed by atoms with Crippen LogP contribution in [0.15, 0.2) is 5.16 Å². The third-order valence-electron chi connectivity index (χ3n) is 1.18. The number of aromatic nitrogens is 3. The van der Waals surface area contributed by atoms with E-state index in [2.05, 4.69) is 36.0 Å². The second kappa shape index (κ2) is 2.20. The monoisotopic (exact) mass is 156 g/mol. The summed E-state index contributed by atoms with van der Waals surface area (Å²) in [5.74, 6) is 0.845. The van der Waals surface area contributed by atoms with E-state index in [1.165, 1.54) is 0 Å². The molecule has 0 bridgehead atoms. The van der Waals surface area contributed by atoms with Gasteiger partial charge in [-0.2, -0.15) is 0 Å². The van der Waals surface area contributed by atoms with Gasteiger partial charge in [0.1, 0.15) is 5.82 Å². The molecule has 10 heavy (non-hydrogen) atoms. The summed E-state index contributed by atoms with van der Waals surface area (Å²) < 4.78 is 0. The van der Waals surface area contributed by atoms with Crippen molar-refractivity contribution in [1.29, 1.82) is 0 Å². The largest absolute Gasteiger partial charge is 0.316 e. The molecule has 0 atom stereocenters. The lowest BCUT2D eigenvalue weighted by Gasteiger charge is -2.12. The van der Waals surface area contributed by atoms with E-state index in [9.17, 15) is 0 Å². The summed E-state index contributed by atoms with van der Waals surface area (Å²) in [6, 6.07) is 0. The highest BCUT2D eigenvalue weighted by atomic mass is 32.1. The highest BCUT2D eigenvalue weighted by Gasteiger charge is 2.17. The minimum absolute atomic E-state index is 0.0179. The highest BCUT2D eigenvalue weighted by Crippen LogP contribution is 2.17. The minimum atomic E-state index is 0.0179. The van der Waals surface area contributed by atoms with Crippen LogP contribution in [-0.2, 0) is 5.41 Å². The lowest BCUT2D eigenvalue weighted by Crippen LogP contribution is -2.13. The van der Waals surface area contributed by atoms with E-state index >= 15 is 0 Å². The molecule has 1 aromatic heterocycles. The maximum atomic E-state index is 4.77. The van der Waals surface area contributed by atoms with Crippen LogP contribution in [0.4, 0.5) is 0 Å². The zero-order valence-electron chi connectivity index (χ0n) is 6.30. The normalized spacial score (nSPS) is 11.9. The van der Waals surface area contributed by atoms with E-state index < -0.39 is 0 Å². The van der Waals surface area contributed by atoms with Crippen molar-refractivity contribution in [2.24, 2.45) is 0 Å². The minimum Gasteiger partial charge on any atom is -0.316 e. The van der Waals surface area contributed by atoms with Crippen molar-refractivity contribution < 1.29 is 0 Å². The summed E-state index contributed by atoms with van der Waals surface area (Å²) in [5.41, 5.74) is 0.0179. The van der Waals surface area contributed by atoms with Crippen LogP contribution in [0, 0.1) is 0 Å². The van der Waals surface area contributed by atoms with Crippen LogP contribution in [0.5, 0.6) is 0 Å². The molecule has 1 heterocycles. The van der Waals surface area contributed by atoms with Crippen LogP contribution >= 0.6 is 12.6 Å². The van der Waals surface area contributed by atoms with Gasteiger partial charge in [-0.05, 0) is 12.6 Å². The quantitative estimate of drug-likeness (QED) is 0.620. The van der Waals surface area contributed by atoms with E-state index in [-0.39, 0.29) is 5.41 Å². The smallest absolute Gasteiger partial charge is 0.219 e.